The minimum absolute atomic E-state index is 0.0698. The van der Waals surface area contributed by atoms with Crippen LogP contribution >= 0.6 is 0 Å². The number of ether oxygens (including phenoxy) is 3. The van der Waals surface area contributed by atoms with Crippen molar-refractivity contribution < 1.29 is 19.3 Å². The first kappa shape index (κ1) is 11.9. The van der Waals surface area contributed by atoms with Crippen molar-refractivity contribution in [2.45, 2.75) is 32.0 Å². The number of methoxy groups -OCH3 is 1. The van der Waals surface area contributed by atoms with Gasteiger partial charge in [-0.3, -0.25) is 0 Å². The summed E-state index contributed by atoms with van der Waals surface area (Å²) >= 11 is 0. The van der Waals surface area contributed by atoms with Gasteiger partial charge in [-0.15, -0.1) is 0 Å². The van der Waals surface area contributed by atoms with Gasteiger partial charge < -0.3 is 19.3 Å². The van der Waals surface area contributed by atoms with Crippen molar-refractivity contribution in [3.63, 3.8) is 0 Å². The molecular weight excluding hydrogens is 184 g/mol. The Balaban J connectivity index is 2.38. The summed E-state index contributed by atoms with van der Waals surface area (Å²) in [5.41, 5.74) is 0. The first-order valence-corrected chi connectivity index (χ1v) is 5.14. The molecular formula is C10H20O4. The van der Waals surface area contributed by atoms with Crippen molar-refractivity contribution >= 4 is 0 Å². The van der Waals surface area contributed by atoms with E-state index in [9.17, 15) is 0 Å². The number of hydrogen-bond donors (Lipinski definition) is 1. The van der Waals surface area contributed by atoms with Crippen molar-refractivity contribution in [2.75, 3.05) is 27.1 Å². The molecule has 1 N–H and O–H groups in total. The van der Waals surface area contributed by atoms with Gasteiger partial charge in [0.2, 0.25) is 0 Å². The number of aliphatic hydroxyl groups excluding tert-OH is 1. The van der Waals surface area contributed by atoms with Crippen LogP contribution in [0.25, 0.3) is 0 Å². The molecule has 1 heterocycles. The van der Waals surface area contributed by atoms with Gasteiger partial charge in [0.1, 0.15) is 6.79 Å². The lowest BCUT2D eigenvalue weighted by atomic mass is 9.93. The summed E-state index contributed by atoms with van der Waals surface area (Å²) in [4.78, 5) is 0. The zero-order valence-electron chi connectivity index (χ0n) is 8.94. The van der Waals surface area contributed by atoms with Crippen LogP contribution in [0, 0.1) is 5.92 Å². The predicted octanol–water partition coefficient (Wildman–Crippen LogP) is 0.783. The molecule has 0 unspecified atom stereocenters. The van der Waals surface area contributed by atoms with Gasteiger partial charge in [-0.05, 0) is 6.42 Å². The van der Waals surface area contributed by atoms with Gasteiger partial charge in [0, 0.05) is 19.4 Å². The predicted molar refractivity (Wildman–Crippen MR) is 52.0 cm³/mol. The molecule has 0 spiro atoms. The van der Waals surface area contributed by atoms with Gasteiger partial charge >= 0.3 is 0 Å². The standard InChI is InChI=1S/C10H20O4/c1-3-8-6-13-9(5-11)4-10(8)14-7-12-2/h8-11H,3-7H2,1-2H3/t8-,9-,10-/m1/s1. The number of hydrogen-bond acceptors (Lipinski definition) is 4. The molecule has 3 atom stereocenters. The quantitative estimate of drug-likeness (QED) is 0.672. The molecule has 84 valence electrons. The van der Waals surface area contributed by atoms with Crippen LogP contribution in [-0.4, -0.2) is 44.4 Å². The molecule has 0 amide bonds. The minimum Gasteiger partial charge on any atom is -0.394 e. The largest absolute Gasteiger partial charge is 0.394 e. The molecule has 1 saturated heterocycles. The Hall–Kier alpha value is -0.160. The molecule has 1 rings (SSSR count). The van der Waals surface area contributed by atoms with Crippen molar-refractivity contribution in [1.29, 1.82) is 0 Å². The van der Waals surface area contributed by atoms with Gasteiger partial charge in [-0.2, -0.15) is 0 Å². The highest BCUT2D eigenvalue weighted by molar-refractivity contribution is 4.78. The van der Waals surface area contributed by atoms with E-state index in [-0.39, 0.29) is 18.8 Å². The second-order valence-electron chi connectivity index (χ2n) is 3.65. The van der Waals surface area contributed by atoms with Crippen LogP contribution < -0.4 is 0 Å². The molecule has 0 aromatic carbocycles. The maximum atomic E-state index is 8.98. The van der Waals surface area contributed by atoms with Crippen LogP contribution in [0.5, 0.6) is 0 Å². The average molecular weight is 204 g/mol. The highest BCUT2D eigenvalue weighted by atomic mass is 16.7. The smallest absolute Gasteiger partial charge is 0.146 e. The second kappa shape index (κ2) is 6.35. The molecule has 14 heavy (non-hydrogen) atoms. The van der Waals surface area contributed by atoms with Crippen LogP contribution in [0.1, 0.15) is 19.8 Å². The average Bonchev–Trinajstić information content (AvgIpc) is 2.25. The van der Waals surface area contributed by atoms with Crippen molar-refractivity contribution in [3.8, 4) is 0 Å². The third kappa shape index (κ3) is 3.20. The highest BCUT2D eigenvalue weighted by Gasteiger charge is 2.30. The van der Waals surface area contributed by atoms with Crippen LogP contribution in [0.15, 0.2) is 0 Å². The van der Waals surface area contributed by atoms with Crippen LogP contribution in [0.3, 0.4) is 0 Å². The normalized spacial score (nSPS) is 33.2. The summed E-state index contributed by atoms with van der Waals surface area (Å²) in [6.07, 6.45) is 1.88. The molecule has 1 fully saturated rings. The van der Waals surface area contributed by atoms with E-state index in [1.807, 2.05) is 0 Å². The molecule has 0 saturated carbocycles. The van der Waals surface area contributed by atoms with Gasteiger partial charge in [0.25, 0.3) is 0 Å². The SMILES string of the molecule is CC[C@@H]1CO[C@@H](CO)C[C@H]1OCOC. The lowest BCUT2D eigenvalue weighted by Gasteiger charge is -2.34. The van der Waals surface area contributed by atoms with E-state index < -0.39 is 0 Å². The Kier molecular flexibility index (Phi) is 5.40. The highest BCUT2D eigenvalue weighted by Crippen LogP contribution is 2.24. The number of aliphatic hydroxyl groups is 1. The molecule has 0 aliphatic carbocycles. The van der Waals surface area contributed by atoms with Crippen LogP contribution in [0.2, 0.25) is 0 Å². The maximum absolute atomic E-state index is 8.98. The Morgan fingerprint density at radius 3 is 2.86 bits per heavy atom. The molecule has 4 heteroatoms. The fourth-order valence-electron chi connectivity index (χ4n) is 1.75. The van der Waals surface area contributed by atoms with E-state index in [1.54, 1.807) is 7.11 Å². The molecule has 1 aliphatic heterocycles. The summed E-state index contributed by atoms with van der Waals surface area (Å²) in [5, 5.41) is 8.98. The lowest BCUT2D eigenvalue weighted by Crippen LogP contribution is -2.40. The van der Waals surface area contributed by atoms with Crippen LogP contribution in [0.4, 0.5) is 0 Å². The van der Waals surface area contributed by atoms with Gasteiger partial charge in [-0.25, -0.2) is 0 Å². The molecule has 0 bridgehead atoms. The van der Waals surface area contributed by atoms with Gasteiger partial charge in [0.15, 0.2) is 0 Å². The first-order valence-electron chi connectivity index (χ1n) is 5.14. The Bertz CT molecular complexity index is 151. The zero-order valence-corrected chi connectivity index (χ0v) is 8.94. The summed E-state index contributed by atoms with van der Waals surface area (Å²) in [7, 11) is 1.61. The van der Waals surface area contributed by atoms with Crippen molar-refractivity contribution in [1.82, 2.24) is 0 Å². The fraction of sp³-hybridized carbons (Fsp3) is 1.00. The van der Waals surface area contributed by atoms with Crippen LogP contribution in [-0.2, 0) is 14.2 Å². The molecule has 0 aromatic rings. The third-order valence-electron chi connectivity index (χ3n) is 2.69. The number of rotatable bonds is 5. The molecule has 4 nitrogen and oxygen atoms in total. The van der Waals surface area contributed by atoms with E-state index in [1.165, 1.54) is 0 Å². The van der Waals surface area contributed by atoms with Gasteiger partial charge in [-0.1, -0.05) is 6.92 Å². The topological polar surface area (TPSA) is 47.9 Å². The second-order valence-corrected chi connectivity index (χ2v) is 3.65. The van der Waals surface area contributed by atoms with E-state index in [0.717, 1.165) is 12.8 Å². The zero-order chi connectivity index (χ0) is 10.4. The maximum Gasteiger partial charge on any atom is 0.146 e. The van der Waals surface area contributed by atoms with E-state index in [2.05, 4.69) is 6.92 Å². The van der Waals surface area contributed by atoms with Crippen molar-refractivity contribution in [3.05, 3.63) is 0 Å². The molecule has 0 radical (unpaired) electrons. The van der Waals surface area contributed by atoms with E-state index in [4.69, 9.17) is 19.3 Å². The lowest BCUT2D eigenvalue weighted by molar-refractivity contribution is -0.157. The Morgan fingerprint density at radius 2 is 2.29 bits per heavy atom. The molecule has 1 aliphatic rings. The van der Waals surface area contributed by atoms with E-state index >= 15 is 0 Å². The van der Waals surface area contributed by atoms with Crippen molar-refractivity contribution in [2.24, 2.45) is 5.92 Å². The first-order chi connectivity index (χ1) is 6.81. The minimum atomic E-state index is -0.0698. The fourth-order valence-corrected chi connectivity index (χ4v) is 1.75. The monoisotopic (exact) mass is 204 g/mol. The Labute approximate surface area is 85.2 Å². The summed E-state index contributed by atoms with van der Waals surface area (Å²) in [6, 6.07) is 0. The molecule has 0 aromatic heterocycles. The Morgan fingerprint density at radius 1 is 1.50 bits per heavy atom. The summed E-state index contributed by atoms with van der Waals surface area (Å²) < 4.78 is 15.9. The summed E-state index contributed by atoms with van der Waals surface area (Å²) in [5.74, 6) is 0.424. The summed E-state index contributed by atoms with van der Waals surface area (Å²) in [6.45, 7) is 3.19. The third-order valence-corrected chi connectivity index (χ3v) is 2.69. The van der Waals surface area contributed by atoms with E-state index in [0.29, 0.717) is 19.3 Å². The van der Waals surface area contributed by atoms with Gasteiger partial charge in [0.05, 0.1) is 25.4 Å².